The van der Waals surface area contributed by atoms with Gasteiger partial charge in [0.1, 0.15) is 11.3 Å². The van der Waals surface area contributed by atoms with E-state index in [4.69, 9.17) is 4.98 Å². The smallest absolute Gasteiger partial charge is 0.150 e. The Kier molecular flexibility index (Phi) is 5.77. The minimum Gasteiger partial charge on any atom is -0.299 e. The number of para-hydroxylation sites is 1. The Balaban J connectivity index is 1.13. The molecule has 6 heteroatoms. The lowest BCUT2D eigenvalue weighted by atomic mass is 9.77. The molecule has 230 valence electrons. The fourth-order valence-electron chi connectivity index (χ4n) is 7.80. The summed E-state index contributed by atoms with van der Waals surface area (Å²) in [4.78, 5) is 12.0. The number of halogens is 1. The molecule has 5 heterocycles. The van der Waals surface area contributed by atoms with Crippen molar-refractivity contribution in [2.24, 2.45) is 0 Å². The van der Waals surface area contributed by atoms with Crippen LogP contribution >= 0.6 is 11.8 Å². The Morgan fingerprint density at radius 2 is 1.42 bits per heavy atom. The fourth-order valence-corrected chi connectivity index (χ4v) is 9.21. The Bertz CT molecular complexity index is 2770. The van der Waals surface area contributed by atoms with Crippen molar-refractivity contribution in [2.45, 2.75) is 35.2 Å². The van der Waals surface area contributed by atoms with Gasteiger partial charge in [-0.1, -0.05) is 86.3 Å². The van der Waals surface area contributed by atoms with Gasteiger partial charge in [0.05, 0.1) is 11.0 Å². The molecule has 5 aromatic carbocycles. The zero-order valence-electron chi connectivity index (χ0n) is 26.4. The van der Waals surface area contributed by atoms with Crippen LogP contribution in [0.25, 0.3) is 54.9 Å². The largest absolute Gasteiger partial charge is 0.299 e. The van der Waals surface area contributed by atoms with Crippen molar-refractivity contribution in [2.75, 3.05) is 0 Å². The summed E-state index contributed by atoms with van der Waals surface area (Å²) in [5.41, 5.74) is 8.45. The lowest BCUT2D eigenvalue weighted by Gasteiger charge is -2.34. The number of benzene rings is 5. The Labute approximate surface area is 280 Å². The number of aromatic nitrogens is 4. The van der Waals surface area contributed by atoms with E-state index in [1.54, 1.807) is 6.20 Å². The monoisotopic (exact) mass is 640 g/mol. The van der Waals surface area contributed by atoms with E-state index < -0.39 is 6.17 Å². The Morgan fingerprint density at radius 1 is 0.604 bits per heavy atom. The lowest BCUT2D eigenvalue weighted by Crippen LogP contribution is -2.23. The first-order chi connectivity index (χ1) is 23.5. The Morgan fingerprint density at radius 3 is 2.35 bits per heavy atom. The molecule has 0 saturated heterocycles. The summed E-state index contributed by atoms with van der Waals surface area (Å²) in [6.07, 6.45) is 4.29. The molecular formula is C42H29FN4S. The molecule has 48 heavy (non-hydrogen) atoms. The van der Waals surface area contributed by atoms with Crippen molar-refractivity contribution in [1.29, 1.82) is 0 Å². The highest BCUT2D eigenvalue weighted by Crippen LogP contribution is 2.51. The molecule has 1 unspecified atom stereocenters. The van der Waals surface area contributed by atoms with E-state index in [0.717, 1.165) is 54.9 Å². The lowest BCUT2D eigenvalue weighted by molar-refractivity contribution is 0.402. The van der Waals surface area contributed by atoms with Crippen LogP contribution in [0.1, 0.15) is 42.3 Å². The number of hydrogen-bond donors (Lipinski definition) is 0. The molecule has 0 radical (unpaired) electrons. The number of rotatable bonds is 3. The molecule has 1 aliphatic rings. The van der Waals surface area contributed by atoms with Crippen LogP contribution in [0.3, 0.4) is 0 Å². The van der Waals surface area contributed by atoms with E-state index in [1.807, 2.05) is 78.8 Å². The predicted molar refractivity (Wildman–Crippen MR) is 194 cm³/mol. The maximum absolute atomic E-state index is 16.7. The molecule has 4 aromatic heterocycles. The highest BCUT2D eigenvalue weighted by Gasteiger charge is 2.34. The van der Waals surface area contributed by atoms with Gasteiger partial charge in [-0.05, 0) is 82.2 Å². The van der Waals surface area contributed by atoms with Crippen LogP contribution in [-0.4, -0.2) is 18.9 Å². The minimum atomic E-state index is -1.32. The fraction of sp³-hybridized carbons (Fsp3) is 0.0952. The van der Waals surface area contributed by atoms with Crippen LogP contribution in [0, 0.1) is 0 Å². The summed E-state index contributed by atoms with van der Waals surface area (Å²) < 4.78 is 21.0. The van der Waals surface area contributed by atoms with Crippen LogP contribution in [0.5, 0.6) is 0 Å². The number of alkyl halides is 1. The summed E-state index contributed by atoms with van der Waals surface area (Å²) in [7, 11) is 0. The maximum Gasteiger partial charge on any atom is 0.150 e. The molecule has 0 aliphatic carbocycles. The molecule has 0 N–H and O–H groups in total. The van der Waals surface area contributed by atoms with Crippen molar-refractivity contribution in [3.05, 3.63) is 156 Å². The third-order valence-corrected chi connectivity index (χ3v) is 11.3. The Hall–Kier alpha value is -5.46. The molecule has 1 aliphatic heterocycles. The van der Waals surface area contributed by atoms with E-state index in [9.17, 15) is 0 Å². The van der Waals surface area contributed by atoms with Crippen molar-refractivity contribution in [3.8, 4) is 5.69 Å². The number of pyridine rings is 2. The zero-order valence-corrected chi connectivity index (χ0v) is 27.2. The molecular weight excluding hydrogens is 612 g/mol. The molecule has 0 fully saturated rings. The van der Waals surface area contributed by atoms with Crippen molar-refractivity contribution in [1.82, 2.24) is 18.9 Å². The van der Waals surface area contributed by atoms with E-state index in [0.29, 0.717) is 11.1 Å². The van der Waals surface area contributed by atoms with Crippen LogP contribution in [-0.2, 0) is 5.41 Å². The molecule has 1 atom stereocenters. The van der Waals surface area contributed by atoms with E-state index in [-0.39, 0.29) is 5.41 Å². The molecule has 4 nitrogen and oxygen atoms in total. The number of hydrogen-bond acceptors (Lipinski definition) is 3. The number of nitrogens with zero attached hydrogens (tertiary/aromatic N) is 4. The third-order valence-electron chi connectivity index (χ3n) is 10.2. The van der Waals surface area contributed by atoms with Gasteiger partial charge in [-0.25, -0.2) is 14.4 Å². The molecule has 0 bridgehead atoms. The highest BCUT2D eigenvalue weighted by molar-refractivity contribution is 7.99. The van der Waals surface area contributed by atoms with Crippen LogP contribution in [0.15, 0.2) is 144 Å². The summed E-state index contributed by atoms with van der Waals surface area (Å²) in [5.74, 6) is 0. The molecule has 0 saturated carbocycles. The van der Waals surface area contributed by atoms with Gasteiger partial charge in [0.25, 0.3) is 0 Å². The SMILES string of the molecule is CC1(C)c2ccccc2Sc2cc3c(cc21)c1cccnc1n3-c1cccc(C(F)c2ccc3c4ccccc4n4ccnc4c3c2)c1. The van der Waals surface area contributed by atoms with Gasteiger partial charge in [-0.2, -0.15) is 0 Å². The first-order valence-electron chi connectivity index (χ1n) is 16.2. The topological polar surface area (TPSA) is 35.1 Å². The second kappa shape index (κ2) is 10.0. The zero-order chi connectivity index (χ0) is 32.1. The van der Waals surface area contributed by atoms with E-state index >= 15 is 4.39 Å². The summed E-state index contributed by atoms with van der Waals surface area (Å²) in [5, 5.41) is 5.36. The van der Waals surface area contributed by atoms with Gasteiger partial charge in [-0.15, -0.1) is 0 Å². The van der Waals surface area contributed by atoms with Gasteiger partial charge in [-0.3, -0.25) is 8.97 Å². The number of fused-ring (bicyclic) bond motifs is 11. The van der Waals surface area contributed by atoms with Crippen molar-refractivity contribution in [3.63, 3.8) is 0 Å². The quantitative estimate of drug-likeness (QED) is 0.180. The summed E-state index contributed by atoms with van der Waals surface area (Å²) in [6.45, 7) is 4.62. The molecule has 0 amide bonds. The molecule has 0 spiro atoms. The van der Waals surface area contributed by atoms with Crippen LogP contribution in [0.2, 0.25) is 0 Å². The van der Waals surface area contributed by atoms with E-state index in [2.05, 4.69) is 88.5 Å². The molecule has 10 rings (SSSR count). The summed E-state index contributed by atoms with van der Waals surface area (Å²) >= 11 is 1.82. The predicted octanol–water partition coefficient (Wildman–Crippen LogP) is 11.0. The minimum absolute atomic E-state index is 0.141. The van der Waals surface area contributed by atoms with Crippen LogP contribution in [0.4, 0.5) is 4.39 Å². The van der Waals surface area contributed by atoms with Gasteiger partial charge in [0, 0.05) is 61.0 Å². The first kappa shape index (κ1) is 27.6. The van der Waals surface area contributed by atoms with E-state index in [1.165, 1.54) is 20.9 Å². The van der Waals surface area contributed by atoms with Crippen LogP contribution < -0.4 is 0 Å². The van der Waals surface area contributed by atoms with Crippen molar-refractivity contribution >= 4 is 61.0 Å². The second-order valence-electron chi connectivity index (χ2n) is 13.2. The first-order valence-corrected chi connectivity index (χ1v) is 17.0. The van der Waals surface area contributed by atoms with Crippen molar-refractivity contribution < 1.29 is 4.39 Å². The second-order valence-corrected chi connectivity index (χ2v) is 14.3. The maximum atomic E-state index is 16.7. The summed E-state index contributed by atoms with van der Waals surface area (Å²) in [6, 6.07) is 39.5. The average Bonchev–Trinajstić information content (AvgIpc) is 3.74. The van der Waals surface area contributed by atoms with Gasteiger partial charge < -0.3 is 0 Å². The normalized spacial score (nSPS) is 14.6. The third kappa shape index (κ3) is 3.84. The van der Waals surface area contributed by atoms with Gasteiger partial charge >= 0.3 is 0 Å². The van der Waals surface area contributed by atoms with Gasteiger partial charge in [0.2, 0.25) is 0 Å². The standard InChI is InChI=1S/C42H29FN4S/c1-42(2)33-13-4-6-15-37(33)48-38-24-36-31(23-34(38)42)30-12-8-18-44-41(30)47(36)27-10-7-9-25(21-27)39(43)26-16-17-28-29-11-3-5-14-35(29)46-20-19-45-40(46)32(28)22-26/h3-24,39H,1-2H3. The highest BCUT2D eigenvalue weighted by atomic mass is 32.2. The average molecular weight is 641 g/mol. The van der Waals surface area contributed by atoms with Gasteiger partial charge in [0.15, 0.2) is 6.17 Å². The molecule has 9 aromatic rings. The number of imidazole rings is 1.